The van der Waals surface area contributed by atoms with Crippen LogP contribution in [-0.4, -0.2) is 56.1 Å². The van der Waals surface area contributed by atoms with Crippen molar-refractivity contribution in [3.8, 4) is 0 Å². The number of carbonyl (C=O) groups is 2. The third kappa shape index (κ3) is 4.23. The van der Waals surface area contributed by atoms with Gasteiger partial charge in [0.2, 0.25) is 5.91 Å². The van der Waals surface area contributed by atoms with Crippen molar-refractivity contribution in [1.82, 2.24) is 29.8 Å². The lowest BCUT2D eigenvalue weighted by molar-refractivity contribution is -0.132. The summed E-state index contributed by atoms with van der Waals surface area (Å²) >= 11 is 0. The van der Waals surface area contributed by atoms with Crippen LogP contribution >= 0.6 is 0 Å². The first kappa shape index (κ1) is 18.6. The number of hydrogen-bond acceptors (Lipinski definition) is 5. The third-order valence-electron chi connectivity index (χ3n) is 3.91. The second-order valence-electron chi connectivity index (χ2n) is 6.36. The number of hydrogen-bond donors (Lipinski definition) is 2. The van der Waals surface area contributed by atoms with Crippen molar-refractivity contribution < 1.29 is 9.59 Å². The average molecular weight is 347 g/mol. The number of carbonyl (C=O) groups excluding carboxylic acids is 2. The number of nitrogens with one attached hydrogen (secondary N) is 2. The summed E-state index contributed by atoms with van der Waals surface area (Å²) < 4.78 is 1.55. The van der Waals surface area contributed by atoms with Gasteiger partial charge < -0.3 is 10.2 Å². The van der Waals surface area contributed by atoms with Crippen LogP contribution in [0.3, 0.4) is 0 Å². The van der Waals surface area contributed by atoms with E-state index in [2.05, 4.69) is 25.7 Å². The van der Waals surface area contributed by atoms with Gasteiger partial charge in [-0.2, -0.15) is 9.50 Å². The largest absolute Gasteiger partial charge is 0.344 e. The van der Waals surface area contributed by atoms with E-state index in [1.807, 2.05) is 40.7 Å². The van der Waals surface area contributed by atoms with Crippen LogP contribution in [0.5, 0.6) is 0 Å². The van der Waals surface area contributed by atoms with Crippen LogP contribution in [0.2, 0.25) is 0 Å². The molecule has 2 rings (SSSR count). The van der Waals surface area contributed by atoms with Gasteiger partial charge in [-0.05, 0) is 32.8 Å². The highest BCUT2D eigenvalue weighted by atomic mass is 16.2. The summed E-state index contributed by atoms with van der Waals surface area (Å²) in [5.74, 6) is 0.365. The molecular formula is C16H25N7O2. The monoisotopic (exact) mass is 347 g/mol. The Bertz CT molecular complexity index is 784. The lowest BCUT2D eigenvalue weighted by atomic mass is 10.0. The molecule has 2 N–H and O–H groups in total. The fourth-order valence-electron chi connectivity index (χ4n) is 2.40. The quantitative estimate of drug-likeness (QED) is 0.850. The molecule has 2 aromatic heterocycles. The normalized spacial score (nSPS) is 12.3. The van der Waals surface area contributed by atoms with E-state index in [1.165, 1.54) is 0 Å². The van der Waals surface area contributed by atoms with Gasteiger partial charge in [0.1, 0.15) is 6.04 Å². The Morgan fingerprint density at radius 3 is 2.56 bits per heavy atom. The maximum Gasteiger partial charge on any atom is 0.322 e. The number of rotatable bonds is 5. The Morgan fingerprint density at radius 1 is 1.28 bits per heavy atom. The molecule has 0 spiro atoms. The smallest absolute Gasteiger partial charge is 0.322 e. The van der Waals surface area contributed by atoms with E-state index in [-0.39, 0.29) is 17.8 Å². The molecule has 2 aromatic rings. The Hall–Kier alpha value is -2.71. The molecule has 9 nitrogen and oxygen atoms in total. The number of anilines is 1. The zero-order chi connectivity index (χ0) is 18.7. The molecule has 9 heteroatoms. The zero-order valence-electron chi connectivity index (χ0n) is 15.5. The molecule has 0 aliphatic heterocycles. The predicted octanol–water partition coefficient (Wildman–Crippen LogP) is 1.37. The second kappa shape index (κ2) is 7.45. The van der Waals surface area contributed by atoms with Crippen LogP contribution in [0.4, 0.5) is 10.7 Å². The van der Waals surface area contributed by atoms with Gasteiger partial charge >= 0.3 is 6.03 Å². The standard InChI is InChI=1S/C16H25N7O2/c1-7-22(6)13(24)12(9(2)3)18-16(25)20-14-19-15-17-10(4)8-11(5)23(15)21-14/h8-9,12H,7H2,1-6H3,(H2,18,20,21,25)/t12-/m0/s1. The Balaban J connectivity index is 2.13. The van der Waals surface area contributed by atoms with Crippen LogP contribution < -0.4 is 10.6 Å². The molecule has 136 valence electrons. The van der Waals surface area contributed by atoms with Gasteiger partial charge in [0.25, 0.3) is 11.7 Å². The van der Waals surface area contributed by atoms with Crippen molar-refractivity contribution in [2.45, 2.75) is 40.7 Å². The minimum absolute atomic E-state index is 0.0483. The first-order valence-electron chi connectivity index (χ1n) is 8.26. The highest BCUT2D eigenvalue weighted by molar-refractivity contribution is 5.92. The molecule has 0 aliphatic carbocycles. The summed E-state index contributed by atoms with van der Waals surface area (Å²) in [6, 6.07) is 0.727. The van der Waals surface area contributed by atoms with Gasteiger partial charge in [-0.1, -0.05) is 13.8 Å². The van der Waals surface area contributed by atoms with Crippen molar-refractivity contribution in [2.75, 3.05) is 18.9 Å². The number of aryl methyl sites for hydroxylation is 2. The molecule has 0 bridgehead atoms. The third-order valence-corrected chi connectivity index (χ3v) is 3.91. The summed E-state index contributed by atoms with van der Waals surface area (Å²) in [5, 5.41) is 9.49. The van der Waals surface area contributed by atoms with Gasteiger partial charge in [-0.25, -0.2) is 9.78 Å². The number of aromatic nitrogens is 4. The minimum Gasteiger partial charge on any atom is -0.344 e. The van der Waals surface area contributed by atoms with Gasteiger partial charge in [0.15, 0.2) is 0 Å². The SMILES string of the molecule is CCN(C)C(=O)[C@@H](NC(=O)Nc1nc2nc(C)cc(C)n2n1)C(C)C. The molecule has 0 aromatic carbocycles. The molecule has 0 radical (unpaired) electrons. The highest BCUT2D eigenvalue weighted by Gasteiger charge is 2.26. The fraction of sp³-hybridized carbons (Fsp3) is 0.562. The Labute approximate surface area is 146 Å². The van der Waals surface area contributed by atoms with E-state index in [0.717, 1.165) is 11.4 Å². The molecule has 2 heterocycles. The molecule has 1 atom stereocenters. The molecule has 3 amide bonds. The molecule has 25 heavy (non-hydrogen) atoms. The summed E-state index contributed by atoms with van der Waals surface area (Å²) in [7, 11) is 1.71. The number of nitrogens with zero attached hydrogens (tertiary/aromatic N) is 5. The van der Waals surface area contributed by atoms with Crippen molar-refractivity contribution in [3.05, 3.63) is 17.5 Å². The minimum atomic E-state index is -0.621. The molecule has 0 saturated carbocycles. The van der Waals surface area contributed by atoms with E-state index in [4.69, 9.17) is 0 Å². The van der Waals surface area contributed by atoms with Crippen molar-refractivity contribution in [2.24, 2.45) is 5.92 Å². The number of fused-ring (bicyclic) bond motifs is 1. The van der Waals surface area contributed by atoms with E-state index in [9.17, 15) is 9.59 Å². The van der Waals surface area contributed by atoms with E-state index in [0.29, 0.717) is 12.3 Å². The lowest BCUT2D eigenvalue weighted by Gasteiger charge is -2.26. The highest BCUT2D eigenvalue weighted by Crippen LogP contribution is 2.09. The first-order valence-corrected chi connectivity index (χ1v) is 8.26. The summed E-state index contributed by atoms with van der Waals surface area (Å²) in [6.45, 7) is 9.97. The van der Waals surface area contributed by atoms with Crippen LogP contribution in [0.1, 0.15) is 32.2 Å². The molecule has 0 unspecified atom stereocenters. The lowest BCUT2D eigenvalue weighted by Crippen LogP contribution is -2.51. The summed E-state index contributed by atoms with van der Waals surface area (Å²) in [4.78, 5) is 34.7. The number of amides is 3. The Kier molecular flexibility index (Phi) is 5.55. The van der Waals surface area contributed by atoms with Crippen LogP contribution in [0, 0.1) is 19.8 Å². The summed E-state index contributed by atoms with van der Waals surface area (Å²) in [5.41, 5.74) is 1.68. The predicted molar refractivity (Wildman–Crippen MR) is 94.3 cm³/mol. The van der Waals surface area contributed by atoms with Gasteiger partial charge in [0, 0.05) is 25.0 Å². The molecule has 0 fully saturated rings. The van der Waals surface area contributed by atoms with Crippen LogP contribution in [-0.2, 0) is 4.79 Å². The van der Waals surface area contributed by atoms with Gasteiger partial charge in [-0.15, -0.1) is 5.10 Å². The van der Waals surface area contributed by atoms with Crippen LogP contribution in [0.25, 0.3) is 5.78 Å². The molecule has 0 saturated heterocycles. The number of urea groups is 1. The van der Waals surface area contributed by atoms with Gasteiger partial charge in [-0.3, -0.25) is 10.1 Å². The van der Waals surface area contributed by atoms with Crippen LogP contribution in [0.15, 0.2) is 6.07 Å². The van der Waals surface area contributed by atoms with Crippen molar-refractivity contribution in [3.63, 3.8) is 0 Å². The van der Waals surface area contributed by atoms with Crippen molar-refractivity contribution >= 4 is 23.7 Å². The van der Waals surface area contributed by atoms with Gasteiger partial charge in [0.05, 0.1) is 0 Å². The number of likely N-dealkylation sites (N-methyl/N-ethyl adjacent to an activating group) is 1. The maximum absolute atomic E-state index is 12.4. The Morgan fingerprint density at radius 2 is 1.96 bits per heavy atom. The molecular weight excluding hydrogens is 322 g/mol. The summed E-state index contributed by atoms with van der Waals surface area (Å²) in [6.07, 6.45) is 0. The van der Waals surface area contributed by atoms with E-state index in [1.54, 1.807) is 16.5 Å². The first-order chi connectivity index (χ1) is 11.7. The van der Waals surface area contributed by atoms with E-state index >= 15 is 0 Å². The second-order valence-corrected chi connectivity index (χ2v) is 6.36. The van der Waals surface area contributed by atoms with E-state index < -0.39 is 12.1 Å². The topological polar surface area (TPSA) is 105 Å². The fourth-order valence-corrected chi connectivity index (χ4v) is 2.40. The maximum atomic E-state index is 12.4. The zero-order valence-corrected chi connectivity index (χ0v) is 15.5. The van der Waals surface area contributed by atoms with Crippen molar-refractivity contribution in [1.29, 1.82) is 0 Å². The average Bonchev–Trinajstić information content (AvgIpc) is 2.93. The molecule has 0 aliphatic rings.